The van der Waals surface area contributed by atoms with Crippen molar-refractivity contribution in [3.05, 3.63) is 69.1 Å². The van der Waals surface area contributed by atoms with Crippen LogP contribution in [-0.4, -0.2) is 14.6 Å². The van der Waals surface area contributed by atoms with E-state index >= 15 is 0 Å². The monoisotopic (exact) mass is 263 g/mol. The molecule has 0 atom stereocenters. The number of aromatic amines is 1. The summed E-state index contributed by atoms with van der Waals surface area (Å²) in [4.78, 5) is 27.6. The number of H-pyrrole nitrogens is 1. The molecule has 0 fully saturated rings. The molecule has 2 aromatic heterocycles. The van der Waals surface area contributed by atoms with Gasteiger partial charge in [-0.1, -0.05) is 24.3 Å². The quantitative estimate of drug-likeness (QED) is 0.491. The van der Waals surface area contributed by atoms with Crippen molar-refractivity contribution < 1.29 is 0 Å². The SMILES string of the molecule is O=c1ccc2nc3c4ccccc4c[nH]n3c2cc1=O. The van der Waals surface area contributed by atoms with E-state index in [0.717, 1.165) is 16.4 Å². The Kier molecular flexibility index (Phi) is 2.06. The number of nitrogens with zero attached hydrogens (tertiary/aromatic N) is 2. The second-order valence-corrected chi connectivity index (χ2v) is 4.61. The van der Waals surface area contributed by atoms with Crippen molar-refractivity contribution in [1.82, 2.24) is 14.6 Å². The van der Waals surface area contributed by atoms with Crippen molar-refractivity contribution in [3.8, 4) is 0 Å². The molecule has 0 amide bonds. The van der Waals surface area contributed by atoms with Crippen LogP contribution in [-0.2, 0) is 0 Å². The third-order valence-electron chi connectivity index (χ3n) is 3.40. The van der Waals surface area contributed by atoms with Gasteiger partial charge in [0.1, 0.15) is 0 Å². The molecule has 2 aromatic carbocycles. The molecule has 0 aliphatic carbocycles. The molecule has 5 heteroatoms. The molecular weight excluding hydrogens is 254 g/mol. The van der Waals surface area contributed by atoms with Crippen LogP contribution in [0.25, 0.3) is 27.5 Å². The third kappa shape index (κ3) is 1.40. The minimum atomic E-state index is -0.539. The number of nitrogens with one attached hydrogen (secondary N) is 1. The van der Waals surface area contributed by atoms with Crippen molar-refractivity contribution in [1.29, 1.82) is 0 Å². The fourth-order valence-corrected chi connectivity index (χ4v) is 2.42. The van der Waals surface area contributed by atoms with E-state index in [1.165, 1.54) is 12.1 Å². The van der Waals surface area contributed by atoms with Gasteiger partial charge in [-0.3, -0.25) is 14.7 Å². The number of rotatable bonds is 0. The average molecular weight is 263 g/mol. The molecule has 0 unspecified atom stereocenters. The molecule has 0 spiro atoms. The van der Waals surface area contributed by atoms with Gasteiger partial charge in [-0.2, -0.15) is 0 Å². The topological polar surface area (TPSA) is 67.2 Å². The van der Waals surface area contributed by atoms with Gasteiger partial charge in [-0.15, -0.1) is 0 Å². The van der Waals surface area contributed by atoms with Gasteiger partial charge in [-0.25, -0.2) is 9.50 Å². The second-order valence-electron chi connectivity index (χ2n) is 4.61. The summed E-state index contributed by atoms with van der Waals surface area (Å²) in [6, 6.07) is 12.0. The molecule has 4 rings (SSSR count). The van der Waals surface area contributed by atoms with Crippen LogP contribution < -0.4 is 10.9 Å². The van der Waals surface area contributed by atoms with Crippen LogP contribution in [0.1, 0.15) is 0 Å². The van der Waals surface area contributed by atoms with Crippen LogP contribution in [0.5, 0.6) is 0 Å². The predicted octanol–water partition coefficient (Wildman–Crippen LogP) is 1.69. The Morgan fingerprint density at radius 1 is 1.00 bits per heavy atom. The van der Waals surface area contributed by atoms with Crippen molar-refractivity contribution in [2.75, 3.05) is 0 Å². The molecule has 20 heavy (non-hydrogen) atoms. The molecular formula is C15H9N3O2. The van der Waals surface area contributed by atoms with Gasteiger partial charge in [0.05, 0.1) is 11.0 Å². The summed E-state index contributed by atoms with van der Waals surface area (Å²) >= 11 is 0. The lowest BCUT2D eigenvalue weighted by Crippen LogP contribution is -2.18. The van der Waals surface area contributed by atoms with E-state index in [-0.39, 0.29) is 0 Å². The summed E-state index contributed by atoms with van der Waals surface area (Å²) in [6.07, 6.45) is 1.85. The summed E-state index contributed by atoms with van der Waals surface area (Å²) in [5.74, 6) is 0. The molecule has 0 saturated carbocycles. The smallest absolute Gasteiger partial charge is 0.227 e. The van der Waals surface area contributed by atoms with Crippen molar-refractivity contribution in [2.45, 2.75) is 0 Å². The Labute approximate surface area is 112 Å². The fraction of sp³-hybridized carbons (Fsp3) is 0. The lowest BCUT2D eigenvalue weighted by Gasteiger charge is -2.00. The highest BCUT2D eigenvalue weighted by atomic mass is 16.2. The summed E-state index contributed by atoms with van der Waals surface area (Å²) in [5, 5.41) is 5.11. The lowest BCUT2D eigenvalue weighted by molar-refractivity contribution is 0.979. The number of hydrogen-bond acceptors (Lipinski definition) is 3. The molecule has 5 nitrogen and oxygen atoms in total. The first-order valence-electron chi connectivity index (χ1n) is 6.17. The third-order valence-corrected chi connectivity index (χ3v) is 3.40. The number of hydrogen-bond donors (Lipinski definition) is 1. The Hall–Kier alpha value is -2.95. The largest absolute Gasteiger partial charge is 0.299 e. The Morgan fingerprint density at radius 3 is 2.75 bits per heavy atom. The van der Waals surface area contributed by atoms with Crippen LogP contribution in [0.4, 0.5) is 0 Å². The maximum absolute atomic E-state index is 11.7. The standard InChI is InChI=1S/C15H9N3O2/c19-13-6-5-11-12(7-14(13)20)18-15(17-11)10-4-2-1-3-9(10)8-16-18/h1-8,16H. The van der Waals surface area contributed by atoms with Gasteiger partial charge in [0.15, 0.2) is 5.65 Å². The average Bonchev–Trinajstić information content (AvgIpc) is 2.76. The summed E-state index contributed by atoms with van der Waals surface area (Å²) in [6.45, 7) is 0. The molecule has 0 radical (unpaired) electrons. The fourth-order valence-electron chi connectivity index (χ4n) is 2.42. The van der Waals surface area contributed by atoms with E-state index in [1.54, 1.807) is 10.6 Å². The molecule has 2 heterocycles. The molecule has 4 aromatic rings. The van der Waals surface area contributed by atoms with E-state index in [1.807, 2.05) is 30.5 Å². The summed E-state index contributed by atoms with van der Waals surface area (Å²) in [7, 11) is 0. The molecule has 0 aliphatic heterocycles. The van der Waals surface area contributed by atoms with Crippen molar-refractivity contribution in [3.63, 3.8) is 0 Å². The first kappa shape index (κ1) is 10.9. The van der Waals surface area contributed by atoms with Gasteiger partial charge in [0.2, 0.25) is 10.9 Å². The van der Waals surface area contributed by atoms with E-state index in [9.17, 15) is 9.59 Å². The second kappa shape index (κ2) is 3.77. The van der Waals surface area contributed by atoms with Gasteiger partial charge in [0, 0.05) is 23.0 Å². The van der Waals surface area contributed by atoms with Gasteiger partial charge in [0.25, 0.3) is 0 Å². The van der Waals surface area contributed by atoms with Gasteiger partial charge < -0.3 is 0 Å². The van der Waals surface area contributed by atoms with Gasteiger partial charge >= 0.3 is 0 Å². The molecule has 0 saturated heterocycles. The minimum Gasteiger partial charge on any atom is -0.299 e. The van der Waals surface area contributed by atoms with Crippen LogP contribution in [0.3, 0.4) is 0 Å². The highest BCUT2D eigenvalue weighted by molar-refractivity contribution is 5.96. The lowest BCUT2D eigenvalue weighted by atomic mass is 10.2. The van der Waals surface area contributed by atoms with E-state index < -0.39 is 10.9 Å². The Morgan fingerprint density at radius 2 is 1.85 bits per heavy atom. The van der Waals surface area contributed by atoms with Crippen LogP contribution in [0.2, 0.25) is 0 Å². The maximum atomic E-state index is 11.7. The highest BCUT2D eigenvalue weighted by Gasteiger charge is 2.08. The first-order valence-corrected chi connectivity index (χ1v) is 6.17. The molecule has 96 valence electrons. The van der Waals surface area contributed by atoms with Crippen molar-refractivity contribution in [2.24, 2.45) is 0 Å². The van der Waals surface area contributed by atoms with Crippen LogP contribution in [0, 0.1) is 0 Å². The van der Waals surface area contributed by atoms with Crippen LogP contribution >= 0.6 is 0 Å². The predicted molar refractivity (Wildman–Crippen MR) is 77.1 cm³/mol. The molecule has 0 bridgehead atoms. The number of imidazole rings is 1. The molecule has 1 N–H and O–H groups in total. The summed E-state index contributed by atoms with van der Waals surface area (Å²) in [5.41, 5.74) is 0.867. The van der Waals surface area contributed by atoms with E-state index in [4.69, 9.17) is 0 Å². The Balaban J connectivity index is 2.32. The zero-order valence-electron chi connectivity index (χ0n) is 10.3. The minimum absolute atomic E-state index is 0.530. The molecule has 0 aliphatic rings. The number of fused-ring (bicyclic) bond motifs is 5. The van der Waals surface area contributed by atoms with Crippen molar-refractivity contribution >= 4 is 27.5 Å². The number of aromatic nitrogens is 3. The van der Waals surface area contributed by atoms with Crippen LogP contribution in [0.15, 0.2) is 58.3 Å². The van der Waals surface area contributed by atoms with E-state index in [2.05, 4.69) is 10.1 Å². The first-order chi connectivity index (χ1) is 9.74. The zero-order chi connectivity index (χ0) is 13.7. The maximum Gasteiger partial charge on any atom is 0.227 e. The van der Waals surface area contributed by atoms with E-state index in [0.29, 0.717) is 11.0 Å². The highest BCUT2D eigenvalue weighted by Crippen LogP contribution is 2.21. The van der Waals surface area contributed by atoms with Gasteiger partial charge in [-0.05, 0) is 12.1 Å². The normalized spacial score (nSPS) is 11.4. The summed E-state index contributed by atoms with van der Waals surface area (Å²) < 4.78 is 1.72. The Bertz CT molecular complexity index is 1090. The number of benzene rings is 1. The zero-order valence-corrected chi connectivity index (χ0v) is 10.3.